The smallest absolute Gasteiger partial charge is 0.402 e. The Morgan fingerprint density at radius 2 is 1.46 bits per heavy atom. The van der Waals surface area contributed by atoms with Crippen molar-refractivity contribution in [3.63, 3.8) is 0 Å². The molecule has 0 aliphatic heterocycles. The molecule has 0 radical (unpaired) electrons. The minimum absolute atomic E-state index is 0.355. The van der Waals surface area contributed by atoms with Gasteiger partial charge in [-0.25, -0.2) is 0 Å². The van der Waals surface area contributed by atoms with Crippen LogP contribution in [0, 0.1) is 0 Å². The summed E-state index contributed by atoms with van der Waals surface area (Å²) in [5, 5.41) is 0. The van der Waals surface area contributed by atoms with Crippen molar-refractivity contribution in [1.82, 2.24) is 0 Å². The van der Waals surface area contributed by atoms with Crippen LogP contribution in [0.2, 0.25) is 0 Å². The summed E-state index contributed by atoms with van der Waals surface area (Å²) in [4.78, 5) is 0. The first-order chi connectivity index (χ1) is 5.84. The van der Waals surface area contributed by atoms with Gasteiger partial charge in [0, 0.05) is 11.3 Å². The van der Waals surface area contributed by atoms with E-state index >= 15 is 0 Å². The van der Waals surface area contributed by atoms with Crippen LogP contribution in [0.15, 0.2) is 23.4 Å². The van der Waals surface area contributed by atoms with Crippen LogP contribution >= 0.6 is 0 Å². The highest BCUT2D eigenvalue weighted by Crippen LogP contribution is 2.24. The topological polar surface area (TPSA) is 26.0 Å². The first-order valence-corrected chi connectivity index (χ1v) is 4.02. The second kappa shape index (κ2) is 6.57. The molecule has 0 spiro atoms. The summed E-state index contributed by atoms with van der Waals surface area (Å²) in [5.41, 5.74) is 4.84. The zero-order valence-electron chi connectivity index (χ0n) is 8.37. The summed E-state index contributed by atoms with van der Waals surface area (Å²) in [7, 11) is 0. The molecule has 2 N–H and O–H groups in total. The fourth-order valence-electron chi connectivity index (χ4n) is 0.351. The number of hydrogen-bond acceptors (Lipinski definition) is 1. The van der Waals surface area contributed by atoms with Crippen LogP contribution in [0.3, 0.4) is 0 Å². The molecule has 0 saturated carbocycles. The minimum atomic E-state index is -4.24. The summed E-state index contributed by atoms with van der Waals surface area (Å²) >= 11 is 0. The maximum Gasteiger partial charge on any atom is 0.412 e. The third-order valence-electron chi connectivity index (χ3n) is 1.04. The molecule has 0 amide bonds. The number of nitrogens with two attached hydrogens (primary N) is 1. The largest absolute Gasteiger partial charge is 0.412 e. The summed E-state index contributed by atoms with van der Waals surface area (Å²) in [6.45, 7) is 6.53. The van der Waals surface area contributed by atoms with E-state index in [2.05, 4.69) is 0 Å². The number of allylic oxidation sites excluding steroid dienone is 4. The van der Waals surface area contributed by atoms with Crippen molar-refractivity contribution >= 4 is 0 Å². The number of alkyl halides is 3. The Bertz CT molecular complexity index is 186. The van der Waals surface area contributed by atoms with Crippen LogP contribution in [0.1, 0.15) is 27.7 Å². The Balaban J connectivity index is 0. The number of rotatable bonds is 1. The number of halogens is 3. The minimum Gasteiger partial charge on any atom is -0.402 e. The molecule has 0 saturated heterocycles. The molecule has 0 aromatic carbocycles. The molecule has 78 valence electrons. The lowest BCUT2D eigenvalue weighted by Crippen LogP contribution is -2.08. The van der Waals surface area contributed by atoms with Gasteiger partial charge in [-0.1, -0.05) is 19.9 Å². The van der Waals surface area contributed by atoms with E-state index in [0.717, 1.165) is 13.0 Å². The van der Waals surface area contributed by atoms with Gasteiger partial charge in [-0.15, -0.1) is 0 Å². The highest BCUT2D eigenvalue weighted by Gasteiger charge is 2.29. The Morgan fingerprint density at radius 3 is 1.69 bits per heavy atom. The molecule has 1 nitrogen and oxygen atoms in total. The Kier molecular flexibility index (Phi) is 7.37. The van der Waals surface area contributed by atoms with Crippen LogP contribution in [0.25, 0.3) is 0 Å². The van der Waals surface area contributed by atoms with Gasteiger partial charge >= 0.3 is 6.18 Å². The van der Waals surface area contributed by atoms with Crippen molar-refractivity contribution in [2.75, 3.05) is 0 Å². The Hall–Kier alpha value is -0.930. The average Bonchev–Trinajstić information content (AvgIpc) is 2.02. The van der Waals surface area contributed by atoms with Gasteiger partial charge in [0.15, 0.2) is 0 Å². The lowest BCUT2D eigenvalue weighted by atomic mass is 10.2. The van der Waals surface area contributed by atoms with Crippen LogP contribution in [0.4, 0.5) is 13.2 Å². The fourth-order valence-corrected chi connectivity index (χ4v) is 0.351. The summed E-state index contributed by atoms with van der Waals surface area (Å²) in [6, 6.07) is 0. The zero-order chi connectivity index (χ0) is 11.1. The Labute approximate surface area is 77.1 Å². The van der Waals surface area contributed by atoms with Gasteiger partial charge < -0.3 is 5.73 Å². The van der Waals surface area contributed by atoms with Gasteiger partial charge in [0.2, 0.25) is 0 Å². The predicted molar refractivity (Wildman–Crippen MR) is 49.1 cm³/mol. The summed E-state index contributed by atoms with van der Waals surface area (Å²) in [5.74, 6) is 0. The average molecular weight is 195 g/mol. The van der Waals surface area contributed by atoms with Crippen molar-refractivity contribution in [3.8, 4) is 0 Å². The third kappa shape index (κ3) is 8.98. The van der Waals surface area contributed by atoms with Gasteiger partial charge in [0.05, 0.1) is 0 Å². The molecule has 0 aromatic rings. The third-order valence-corrected chi connectivity index (χ3v) is 1.04. The lowest BCUT2D eigenvalue weighted by molar-refractivity contribution is -0.0912. The first kappa shape index (κ1) is 14.6. The SMILES string of the molecule is C/C(N)=C\C=C(/C)C(F)(F)F.CC. The zero-order valence-corrected chi connectivity index (χ0v) is 8.37. The van der Waals surface area contributed by atoms with E-state index in [0.29, 0.717) is 5.70 Å². The van der Waals surface area contributed by atoms with Gasteiger partial charge in [0.25, 0.3) is 0 Å². The van der Waals surface area contributed by atoms with Crippen molar-refractivity contribution in [1.29, 1.82) is 0 Å². The molecular weight excluding hydrogens is 179 g/mol. The molecule has 13 heavy (non-hydrogen) atoms. The normalized spacial score (nSPS) is 13.5. The standard InChI is InChI=1S/C7H10F3N.C2H6/c1-5(7(8,9)10)3-4-6(2)11;1-2/h3-4H,11H2,1-2H3;1-2H3/b5-3+,6-4+;. The van der Waals surface area contributed by atoms with E-state index < -0.39 is 11.7 Å². The predicted octanol–water partition coefficient (Wildman–Crippen LogP) is 3.38. The molecule has 0 aliphatic rings. The molecule has 0 aromatic heterocycles. The quantitative estimate of drug-likeness (QED) is 0.638. The lowest BCUT2D eigenvalue weighted by Gasteiger charge is -2.04. The molecule has 0 aliphatic carbocycles. The van der Waals surface area contributed by atoms with E-state index in [1.165, 1.54) is 13.0 Å². The maximum absolute atomic E-state index is 11.8. The van der Waals surface area contributed by atoms with Gasteiger partial charge in [-0.3, -0.25) is 0 Å². The molecule has 0 unspecified atom stereocenters. The highest BCUT2D eigenvalue weighted by molar-refractivity contribution is 5.16. The molecule has 4 heteroatoms. The fraction of sp³-hybridized carbons (Fsp3) is 0.556. The second-order valence-corrected chi connectivity index (χ2v) is 2.26. The van der Waals surface area contributed by atoms with Crippen molar-refractivity contribution < 1.29 is 13.2 Å². The van der Waals surface area contributed by atoms with E-state index in [4.69, 9.17) is 5.73 Å². The molecule has 0 rings (SSSR count). The summed E-state index contributed by atoms with van der Waals surface area (Å²) < 4.78 is 35.3. The van der Waals surface area contributed by atoms with E-state index in [9.17, 15) is 13.2 Å². The van der Waals surface area contributed by atoms with Crippen molar-refractivity contribution in [2.45, 2.75) is 33.9 Å². The van der Waals surface area contributed by atoms with Gasteiger partial charge in [-0.2, -0.15) is 13.2 Å². The molecular formula is C9H16F3N. The number of hydrogen-bond donors (Lipinski definition) is 1. The van der Waals surface area contributed by atoms with E-state index in [1.54, 1.807) is 0 Å². The molecule has 0 atom stereocenters. The molecule has 0 fully saturated rings. The van der Waals surface area contributed by atoms with Crippen molar-refractivity contribution in [2.24, 2.45) is 5.73 Å². The maximum atomic E-state index is 11.8. The highest BCUT2D eigenvalue weighted by atomic mass is 19.4. The second-order valence-electron chi connectivity index (χ2n) is 2.26. The van der Waals surface area contributed by atoms with Crippen molar-refractivity contribution in [3.05, 3.63) is 23.4 Å². The van der Waals surface area contributed by atoms with Crippen LogP contribution in [-0.2, 0) is 0 Å². The monoisotopic (exact) mass is 195 g/mol. The Morgan fingerprint density at radius 1 is 1.08 bits per heavy atom. The summed E-state index contributed by atoms with van der Waals surface area (Å²) in [6.07, 6.45) is -2.07. The van der Waals surface area contributed by atoms with Crippen LogP contribution < -0.4 is 5.73 Å². The van der Waals surface area contributed by atoms with E-state index in [1.807, 2.05) is 13.8 Å². The van der Waals surface area contributed by atoms with Gasteiger partial charge in [0.1, 0.15) is 0 Å². The van der Waals surface area contributed by atoms with E-state index in [-0.39, 0.29) is 0 Å². The van der Waals surface area contributed by atoms with Crippen LogP contribution in [0.5, 0.6) is 0 Å². The van der Waals surface area contributed by atoms with Crippen LogP contribution in [-0.4, -0.2) is 6.18 Å². The first-order valence-electron chi connectivity index (χ1n) is 4.02. The molecule has 0 bridgehead atoms. The van der Waals surface area contributed by atoms with Gasteiger partial charge in [-0.05, 0) is 19.9 Å². The molecule has 0 heterocycles.